The van der Waals surface area contributed by atoms with Crippen molar-refractivity contribution < 1.29 is 42.9 Å². The number of unbranched alkanes of at least 4 members (excludes halogenated alkanes) is 23. The van der Waals surface area contributed by atoms with Gasteiger partial charge in [-0.25, -0.2) is 4.79 Å². The maximum Gasteiger partial charge on any atom is 0.361 e. The lowest BCUT2D eigenvalue weighted by atomic mass is 10.0. The number of carboxylic acids is 1. The van der Waals surface area contributed by atoms with Crippen molar-refractivity contribution in [1.29, 1.82) is 0 Å². The maximum atomic E-state index is 12.9. The second-order valence-corrected chi connectivity index (χ2v) is 22.3. The van der Waals surface area contributed by atoms with E-state index in [9.17, 15) is 19.5 Å². The van der Waals surface area contributed by atoms with E-state index < -0.39 is 24.3 Å². The number of nitrogens with zero attached hydrogens (tertiary/aromatic N) is 1. The Kier molecular flexibility index (Phi) is 57.5. The first-order chi connectivity index (χ1) is 39.1. The predicted octanol–water partition coefficient (Wildman–Crippen LogP) is 19.6. The molecule has 0 radical (unpaired) electrons. The number of esters is 2. The molecule has 0 aromatic heterocycles. The summed E-state index contributed by atoms with van der Waals surface area (Å²) < 4.78 is 22.9. The molecule has 0 aromatic carbocycles. The number of carboxylic acid groups (broad SMARTS) is 1. The third-order valence-electron chi connectivity index (χ3n) is 13.5. The molecule has 456 valence electrons. The van der Waals surface area contributed by atoms with Crippen LogP contribution in [0.25, 0.3) is 0 Å². The zero-order valence-corrected chi connectivity index (χ0v) is 51.9. The van der Waals surface area contributed by atoms with E-state index in [1.165, 1.54) is 109 Å². The Morgan fingerprint density at radius 2 is 0.713 bits per heavy atom. The number of allylic oxidation sites excluding steroid dienone is 20. The number of quaternary nitrogens is 1. The summed E-state index contributed by atoms with van der Waals surface area (Å²) in [7, 11) is 5.96. The van der Waals surface area contributed by atoms with Crippen molar-refractivity contribution in [2.24, 2.45) is 0 Å². The monoisotopic (exact) mass is 1110 g/mol. The maximum absolute atomic E-state index is 12.9. The summed E-state index contributed by atoms with van der Waals surface area (Å²) in [5, 5.41) is 9.71. The van der Waals surface area contributed by atoms with Crippen LogP contribution in [-0.4, -0.2) is 87.4 Å². The molecule has 2 atom stereocenters. The van der Waals surface area contributed by atoms with Crippen LogP contribution in [0.2, 0.25) is 0 Å². The second kappa shape index (κ2) is 60.8. The van der Waals surface area contributed by atoms with Crippen molar-refractivity contribution in [3.63, 3.8) is 0 Å². The fourth-order valence-electron chi connectivity index (χ4n) is 8.57. The summed E-state index contributed by atoms with van der Waals surface area (Å²) in [5.41, 5.74) is 0. The molecule has 0 rings (SSSR count). The minimum absolute atomic E-state index is 0.182. The summed E-state index contributed by atoms with van der Waals surface area (Å²) in [6, 6.07) is 0. The SMILES string of the molecule is CC/C=C\C/C=C\C/C=C\C/C=C\C/C=C\C/C=C\C/C=C\C/C=C\C/C=C\C/C=C\CCCCCCCCCCC(=O)OC(COC(=O)CCCCCCCCCCCCCCCCCC)COC(OCC[N+](C)(C)C)C(=O)O. The molecule has 9 heteroatoms. The lowest BCUT2D eigenvalue weighted by molar-refractivity contribution is -0.870. The van der Waals surface area contributed by atoms with Crippen LogP contribution in [0.5, 0.6) is 0 Å². The molecule has 0 aromatic rings. The number of rotatable bonds is 58. The molecule has 0 saturated carbocycles. The van der Waals surface area contributed by atoms with Gasteiger partial charge >= 0.3 is 17.9 Å². The molecule has 1 N–H and O–H groups in total. The highest BCUT2D eigenvalue weighted by Crippen LogP contribution is 2.16. The highest BCUT2D eigenvalue weighted by Gasteiger charge is 2.25. The summed E-state index contributed by atoms with van der Waals surface area (Å²) >= 11 is 0. The molecule has 0 aliphatic carbocycles. The van der Waals surface area contributed by atoms with Crippen LogP contribution >= 0.6 is 0 Å². The van der Waals surface area contributed by atoms with Gasteiger partial charge in [0.25, 0.3) is 6.29 Å². The number of carbonyl (C=O) groups excluding carboxylic acids is 2. The number of ether oxygens (including phenoxy) is 4. The lowest BCUT2D eigenvalue weighted by Crippen LogP contribution is -2.40. The molecule has 0 amide bonds. The van der Waals surface area contributed by atoms with Gasteiger partial charge in [0.15, 0.2) is 6.10 Å². The molecule has 0 aliphatic heterocycles. The molecule has 0 aliphatic rings. The highest BCUT2D eigenvalue weighted by atomic mass is 16.7. The Labute approximate surface area is 491 Å². The van der Waals surface area contributed by atoms with Crippen molar-refractivity contribution in [1.82, 2.24) is 0 Å². The van der Waals surface area contributed by atoms with Gasteiger partial charge in [-0.3, -0.25) is 9.59 Å². The van der Waals surface area contributed by atoms with Crippen molar-refractivity contribution in [2.75, 3.05) is 47.5 Å². The number of likely N-dealkylation sites (N-methyl/N-ethyl adjacent to an activating group) is 1. The molecule has 80 heavy (non-hydrogen) atoms. The summed E-state index contributed by atoms with van der Waals surface area (Å²) in [5.74, 6) is -2.02. The van der Waals surface area contributed by atoms with Gasteiger partial charge in [0.1, 0.15) is 13.2 Å². The van der Waals surface area contributed by atoms with E-state index in [0.717, 1.165) is 109 Å². The Morgan fingerprint density at radius 1 is 0.388 bits per heavy atom. The first-order valence-corrected chi connectivity index (χ1v) is 32.2. The van der Waals surface area contributed by atoms with Gasteiger partial charge in [-0.15, -0.1) is 0 Å². The van der Waals surface area contributed by atoms with Crippen molar-refractivity contribution >= 4 is 17.9 Å². The number of hydrogen-bond donors (Lipinski definition) is 1. The fourth-order valence-corrected chi connectivity index (χ4v) is 8.57. The van der Waals surface area contributed by atoms with E-state index in [4.69, 9.17) is 18.9 Å². The Balaban J connectivity index is 4.18. The fraction of sp³-hybridized carbons (Fsp3) is 0.676. The van der Waals surface area contributed by atoms with Crippen LogP contribution < -0.4 is 0 Å². The molecule has 0 spiro atoms. The van der Waals surface area contributed by atoms with Gasteiger partial charge in [-0.05, 0) is 89.9 Å². The Bertz CT molecular complexity index is 1730. The van der Waals surface area contributed by atoms with E-state index >= 15 is 0 Å². The van der Waals surface area contributed by atoms with Crippen LogP contribution in [0.4, 0.5) is 0 Å². The number of aliphatic carboxylic acids is 1. The lowest BCUT2D eigenvalue weighted by Gasteiger charge is -2.25. The molecule has 0 bridgehead atoms. The van der Waals surface area contributed by atoms with Gasteiger partial charge in [0.2, 0.25) is 0 Å². The van der Waals surface area contributed by atoms with Crippen molar-refractivity contribution in [2.45, 2.75) is 264 Å². The summed E-state index contributed by atoms with van der Waals surface area (Å²) in [4.78, 5) is 37.5. The van der Waals surface area contributed by atoms with E-state index in [0.29, 0.717) is 23.9 Å². The first-order valence-electron chi connectivity index (χ1n) is 32.2. The average molecular weight is 1120 g/mol. The molecular weight excluding hydrogens is 995 g/mol. The quantitative estimate of drug-likeness (QED) is 0.0211. The standard InChI is InChI=1S/C71H119NO8/c1-6-8-10-12-14-16-18-20-22-24-25-26-27-28-29-30-31-32-33-34-35-36-37-38-39-40-41-42-43-44-45-46-48-50-52-54-56-58-60-62-69(74)80-67(66-79-71(70(75)76)77-64-63-72(3,4)5)65-78-68(73)61-59-57-55-53-51-49-47-23-21-19-17-15-13-11-9-7-2/h8,10,14,16,20,22,25-26,28-29,31-32,34-35,37-38,40-41,43-44,67,71H,6-7,9,11-13,15,17-19,21,23-24,27,30,33,36,39,42,45-66H2,1-5H3/p+1/b10-8-,16-14-,22-20-,26-25-,29-28-,32-31-,35-34-,38-37-,41-40-,44-43-. The van der Waals surface area contributed by atoms with E-state index in [2.05, 4.69) is 135 Å². The summed E-state index contributed by atoms with van der Waals surface area (Å²) in [6.07, 6.45) is 82.9. The van der Waals surface area contributed by atoms with Crippen molar-refractivity contribution in [3.05, 3.63) is 122 Å². The third kappa shape index (κ3) is 61.3. The number of carbonyl (C=O) groups is 3. The Hall–Kier alpha value is -4.31. The third-order valence-corrected chi connectivity index (χ3v) is 13.5. The first kappa shape index (κ1) is 75.7. The highest BCUT2D eigenvalue weighted by molar-refractivity contribution is 5.71. The topological polar surface area (TPSA) is 108 Å². The molecular formula is C71H120NO8+. The van der Waals surface area contributed by atoms with Gasteiger partial charge in [0.05, 0.1) is 34.4 Å². The van der Waals surface area contributed by atoms with Crippen LogP contribution in [-0.2, 0) is 33.3 Å². The van der Waals surface area contributed by atoms with Crippen LogP contribution in [0.1, 0.15) is 251 Å². The summed E-state index contributed by atoms with van der Waals surface area (Å²) in [6.45, 7) is 4.76. The van der Waals surface area contributed by atoms with Crippen LogP contribution in [0.3, 0.4) is 0 Å². The number of hydrogen-bond acceptors (Lipinski definition) is 7. The molecule has 0 fully saturated rings. The van der Waals surface area contributed by atoms with E-state index in [1.807, 2.05) is 21.1 Å². The minimum Gasteiger partial charge on any atom is -0.477 e. The molecule has 0 saturated heterocycles. The van der Waals surface area contributed by atoms with Gasteiger partial charge in [-0.2, -0.15) is 0 Å². The van der Waals surface area contributed by atoms with Crippen LogP contribution in [0.15, 0.2) is 122 Å². The van der Waals surface area contributed by atoms with Crippen LogP contribution in [0, 0.1) is 0 Å². The smallest absolute Gasteiger partial charge is 0.361 e. The normalized spacial score (nSPS) is 13.6. The Morgan fingerprint density at radius 3 is 1.06 bits per heavy atom. The predicted molar refractivity (Wildman–Crippen MR) is 341 cm³/mol. The van der Waals surface area contributed by atoms with Gasteiger partial charge in [0, 0.05) is 12.8 Å². The average Bonchev–Trinajstić information content (AvgIpc) is 3.43. The zero-order chi connectivity index (χ0) is 58.3. The van der Waals surface area contributed by atoms with Crippen molar-refractivity contribution in [3.8, 4) is 0 Å². The molecule has 0 heterocycles. The molecule has 2 unspecified atom stereocenters. The zero-order valence-electron chi connectivity index (χ0n) is 51.9. The minimum atomic E-state index is -1.52. The van der Waals surface area contributed by atoms with Gasteiger partial charge < -0.3 is 28.5 Å². The van der Waals surface area contributed by atoms with Gasteiger partial charge in [-0.1, -0.05) is 270 Å². The van der Waals surface area contributed by atoms with E-state index in [1.54, 1.807) is 0 Å². The largest absolute Gasteiger partial charge is 0.477 e. The molecule has 9 nitrogen and oxygen atoms in total. The second-order valence-electron chi connectivity index (χ2n) is 22.3. The van der Waals surface area contributed by atoms with E-state index in [-0.39, 0.29) is 32.2 Å².